The minimum atomic E-state index is -3.54. The fraction of sp³-hybridized carbons (Fsp3) is 0.263. The van der Waals surface area contributed by atoms with Crippen LogP contribution in [0.2, 0.25) is 0 Å². The summed E-state index contributed by atoms with van der Waals surface area (Å²) in [6.45, 7) is 4.58. The van der Waals surface area contributed by atoms with Crippen LogP contribution in [0.5, 0.6) is 0 Å². The molecule has 0 aliphatic heterocycles. The summed E-state index contributed by atoms with van der Waals surface area (Å²) in [6, 6.07) is 11.6. The molecule has 148 valence electrons. The van der Waals surface area contributed by atoms with Crippen LogP contribution in [0, 0.1) is 0 Å². The van der Waals surface area contributed by atoms with Crippen molar-refractivity contribution in [2.24, 2.45) is 0 Å². The fourth-order valence-electron chi connectivity index (χ4n) is 2.69. The summed E-state index contributed by atoms with van der Waals surface area (Å²) in [6.07, 6.45) is 0. The molecule has 1 amide bonds. The summed E-state index contributed by atoms with van der Waals surface area (Å²) in [4.78, 5) is 13.5. The van der Waals surface area contributed by atoms with Gasteiger partial charge in [-0.25, -0.2) is 8.42 Å². The van der Waals surface area contributed by atoms with E-state index in [2.05, 4.69) is 10.5 Å². The van der Waals surface area contributed by atoms with Gasteiger partial charge in [0.05, 0.1) is 16.3 Å². The van der Waals surface area contributed by atoms with Crippen molar-refractivity contribution >= 4 is 27.3 Å². The van der Waals surface area contributed by atoms with Crippen LogP contribution in [0.25, 0.3) is 10.6 Å². The lowest BCUT2D eigenvalue weighted by Crippen LogP contribution is -2.30. The number of carbonyl (C=O) groups is 1. The Labute approximate surface area is 168 Å². The maximum atomic E-state index is 12.5. The number of hydrogen-bond acceptors (Lipinski definition) is 6. The predicted octanol–water partition coefficient (Wildman–Crippen LogP) is 3.36. The molecule has 0 bridgehead atoms. The number of sulfonamides is 1. The Hall–Kier alpha value is -2.49. The Kier molecular flexibility index (Phi) is 6.28. The number of aromatic nitrogens is 1. The highest BCUT2D eigenvalue weighted by Crippen LogP contribution is 2.25. The van der Waals surface area contributed by atoms with Crippen LogP contribution in [-0.4, -0.2) is 36.9 Å². The molecule has 3 aromatic rings. The molecule has 0 spiro atoms. The molecule has 2 heterocycles. The van der Waals surface area contributed by atoms with E-state index in [-0.39, 0.29) is 17.3 Å². The largest absolute Gasteiger partial charge is 0.355 e. The van der Waals surface area contributed by atoms with Crippen molar-refractivity contribution in [2.75, 3.05) is 13.1 Å². The average molecular weight is 420 g/mol. The fourth-order valence-corrected chi connectivity index (χ4v) is 4.83. The Morgan fingerprint density at radius 3 is 2.50 bits per heavy atom. The van der Waals surface area contributed by atoms with Crippen molar-refractivity contribution in [1.82, 2.24) is 14.8 Å². The highest BCUT2D eigenvalue weighted by atomic mass is 32.2. The normalized spacial score (nSPS) is 11.7. The molecular formula is C19H21N3O4S2. The standard InChI is InChI=1S/C19H21N3O4S2/c1-3-22(4-2)28(24,25)16-9-7-14(8-10-16)19(23)20-13-15-12-17(26-21-15)18-6-5-11-27-18/h5-12H,3-4,13H2,1-2H3,(H,20,23). The van der Waals surface area contributed by atoms with E-state index in [1.165, 1.54) is 28.6 Å². The molecule has 0 aliphatic carbocycles. The second-order valence-corrected chi connectivity index (χ2v) is 8.84. The Morgan fingerprint density at radius 2 is 1.89 bits per heavy atom. The van der Waals surface area contributed by atoms with Crippen molar-refractivity contribution < 1.29 is 17.7 Å². The predicted molar refractivity (Wildman–Crippen MR) is 108 cm³/mol. The molecule has 0 saturated carbocycles. The van der Waals surface area contributed by atoms with Crippen LogP contribution >= 0.6 is 11.3 Å². The Bertz CT molecular complexity index is 1020. The second-order valence-electron chi connectivity index (χ2n) is 5.96. The maximum absolute atomic E-state index is 12.5. The highest BCUT2D eigenvalue weighted by Gasteiger charge is 2.21. The van der Waals surface area contributed by atoms with Crippen LogP contribution in [0.15, 0.2) is 57.3 Å². The van der Waals surface area contributed by atoms with Gasteiger partial charge in [-0.2, -0.15) is 4.31 Å². The number of carbonyl (C=O) groups excluding carboxylic acids is 1. The zero-order valence-corrected chi connectivity index (χ0v) is 17.2. The minimum absolute atomic E-state index is 0.171. The van der Waals surface area contributed by atoms with Gasteiger partial charge in [-0.1, -0.05) is 25.1 Å². The van der Waals surface area contributed by atoms with Crippen molar-refractivity contribution in [3.8, 4) is 10.6 Å². The second kappa shape index (κ2) is 8.68. The molecule has 2 aromatic heterocycles. The lowest BCUT2D eigenvalue weighted by molar-refractivity contribution is 0.0950. The van der Waals surface area contributed by atoms with Crippen molar-refractivity contribution in [3.63, 3.8) is 0 Å². The van der Waals surface area contributed by atoms with E-state index in [0.717, 1.165) is 4.88 Å². The van der Waals surface area contributed by atoms with Gasteiger partial charge in [0.15, 0.2) is 5.76 Å². The SMILES string of the molecule is CCN(CC)S(=O)(=O)c1ccc(C(=O)NCc2cc(-c3cccs3)on2)cc1. The number of hydrogen-bond donors (Lipinski definition) is 1. The van der Waals surface area contributed by atoms with E-state index in [4.69, 9.17) is 4.52 Å². The zero-order valence-electron chi connectivity index (χ0n) is 15.6. The maximum Gasteiger partial charge on any atom is 0.251 e. The van der Waals surface area contributed by atoms with Gasteiger partial charge < -0.3 is 9.84 Å². The number of nitrogens with zero attached hydrogens (tertiary/aromatic N) is 2. The Balaban J connectivity index is 1.64. The summed E-state index contributed by atoms with van der Waals surface area (Å²) in [7, 11) is -3.54. The minimum Gasteiger partial charge on any atom is -0.355 e. The van der Waals surface area contributed by atoms with Crippen LogP contribution in [0.4, 0.5) is 0 Å². The topological polar surface area (TPSA) is 92.5 Å². The molecular weight excluding hydrogens is 398 g/mol. The van der Waals surface area contributed by atoms with E-state index in [1.807, 2.05) is 17.5 Å². The molecule has 9 heteroatoms. The summed E-state index contributed by atoms with van der Waals surface area (Å²) in [5.41, 5.74) is 0.984. The average Bonchev–Trinajstić information content (AvgIpc) is 3.38. The molecule has 1 N–H and O–H groups in total. The molecule has 0 fully saturated rings. The van der Waals surface area contributed by atoms with Gasteiger partial charge in [0.25, 0.3) is 5.91 Å². The number of amides is 1. The van der Waals surface area contributed by atoms with Crippen LogP contribution < -0.4 is 5.32 Å². The summed E-state index contributed by atoms with van der Waals surface area (Å²) < 4.78 is 31.6. The summed E-state index contributed by atoms with van der Waals surface area (Å²) in [5.74, 6) is 0.345. The first-order valence-electron chi connectivity index (χ1n) is 8.83. The van der Waals surface area contributed by atoms with Gasteiger partial charge in [0.1, 0.15) is 5.69 Å². The lowest BCUT2D eigenvalue weighted by atomic mass is 10.2. The molecule has 3 rings (SSSR count). The monoisotopic (exact) mass is 419 g/mol. The highest BCUT2D eigenvalue weighted by molar-refractivity contribution is 7.89. The summed E-state index contributed by atoms with van der Waals surface area (Å²) >= 11 is 1.55. The van der Waals surface area contributed by atoms with Gasteiger partial charge in [0.2, 0.25) is 10.0 Å². The third-order valence-electron chi connectivity index (χ3n) is 4.21. The third kappa shape index (κ3) is 4.32. The van der Waals surface area contributed by atoms with Crippen molar-refractivity contribution in [2.45, 2.75) is 25.3 Å². The zero-order chi connectivity index (χ0) is 20.1. The number of nitrogens with one attached hydrogen (secondary N) is 1. The van der Waals surface area contributed by atoms with Crippen LogP contribution in [-0.2, 0) is 16.6 Å². The molecule has 7 nitrogen and oxygen atoms in total. The molecule has 28 heavy (non-hydrogen) atoms. The quantitative estimate of drug-likeness (QED) is 0.604. The van der Waals surface area contributed by atoms with E-state index < -0.39 is 10.0 Å². The van der Waals surface area contributed by atoms with Crippen LogP contribution in [0.1, 0.15) is 29.9 Å². The van der Waals surface area contributed by atoms with E-state index in [9.17, 15) is 13.2 Å². The van der Waals surface area contributed by atoms with Crippen LogP contribution in [0.3, 0.4) is 0 Å². The van der Waals surface area contributed by atoms with Gasteiger partial charge in [-0.3, -0.25) is 4.79 Å². The number of benzene rings is 1. The lowest BCUT2D eigenvalue weighted by Gasteiger charge is -2.18. The first-order valence-corrected chi connectivity index (χ1v) is 11.2. The smallest absolute Gasteiger partial charge is 0.251 e. The molecule has 0 unspecified atom stereocenters. The first-order chi connectivity index (χ1) is 13.5. The third-order valence-corrected chi connectivity index (χ3v) is 7.16. The van der Waals surface area contributed by atoms with E-state index >= 15 is 0 Å². The van der Waals surface area contributed by atoms with Crippen molar-refractivity contribution in [3.05, 3.63) is 59.1 Å². The van der Waals surface area contributed by atoms with E-state index in [0.29, 0.717) is 30.1 Å². The first kappa shape index (κ1) is 20.2. The molecule has 0 radical (unpaired) electrons. The molecule has 0 aliphatic rings. The number of rotatable bonds is 8. The summed E-state index contributed by atoms with van der Waals surface area (Å²) in [5, 5.41) is 8.66. The Morgan fingerprint density at radius 1 is 1.18 bits per heavy atom. The molecule has 1 aromatic carbocycles. The molecule has 0 atom stereocenters. The molecule has 0 saturated heterocycles. The van der Waals surface area contributed by atoms with Gasteiger partial charge >= 0.3 is 0 Å². The van der Waals surface area contributed by atoms with Gasteiger partial charge in [-0.15, -0.1) is 11.3 Å². The van der Waals surface area contributed by atoms with Gasteiger partial charge in [0, 0.05) is 24.7 Å². The van der Waals surface area contributed by atoms with Gasteiger partial charge in [-0.05, 0) is 35.7 Å². The number of thiophene rings is 1. The van der Waals surface area contributed by atoms with E-state index in [1.54, 1.807) is 31.3 Å². The van der Waals surface area contributed by atoms with Crippen molar-refractivity contribution in [1.29, 1.82) is 0 Å².